The minimum absolute atomic E-state index is 0.0473. The molecule has 2 aliphatic rings. The number of aliphatic hydroxyl groups excluding tert-OH is 1. The quantitative estimate of drug-likeness (QED) is 0.771. The van der Waals surface area contributed by atoms with Crippen molar-refractivity contribution in [2.24, 2.45) is 5.92 Å². The molecule has 2 heterocycles. The predicted octanol–water partition coefficient (Wildman–Crippen LogP) is 0.106. The van der Waals surface area contributed by atoms with Gasteiger partial charge in [-0.3, -0.25) is 9.69 Å². The van der Waals surface area contributed by atoms with Gasteiger partial charge in [-0.05, 0) is 69.0 Å². The van der Waals surface area contributed by atoms with Crippen LogP contribution in [0.15, 0.2) is 0 Å². The Morgan fingerprint density at radius 3 is 2.61 bits per heavy atom. The number of hydrogen-bond donors (Lipinski definition) is 2. The van der Waals surface area contributed by atoms with E-state index in [1.165, 1.54) is 0 Å². The topological polar surface area (TPSA) is 96.2 Å². The van der Waals surface area contributed by atoms with Crippen LogP contribution < -0.4 is 5.32 Å². The number of aliphatic hydroxyl groups is 1. The third-order valence-corrected chi connectivity index (χ3v) is 4.69. The fourth-order valence-electron chi connectivity index (χ4n) is 3.07. The van der Waals surface area contributed by atoms with Crippen LogP contribution in [0, 0.1) is 5.92 Å². The molecule has 0 radical (unpaired) electrons. The van der Waals surface area contributed by atoms with Crippen molar-refractivity contribution >= 4 is 5.91 Å². The van der Waals surface area contributed by atoms with Gasteiger partial charge in [-0.25, -0.2) is 4.68 Å². The molecule has 1 amide bonds. The van der Waals surface area contributed by atoms with Gasteiger partial charge in [0, 0.05) is 6.04 Å². The number of hydrogen-bond acceptors (Lipinski definition) is 6. The number of piperidine rings is 1. The lowest BCUT2D eigenvalue weighted by Crippen LogP contribution is -2.45. The van der Waals surface area contributed by atoms with E-state index in [1.54, 1.807) is 0 Å². The maximum absolute atomic E-state index is 11.9. The van der Waals surface area contributed by atoms with Crippen LogP contribution >= 0.6 is 0 Å². The lowest BCUT2D eigenvalue weighted by molar-refractivity contribution is -0.133. The first-order valence-corrected chi connectivity index (χ1v) is 8.52. The SMILES string of the molecule is CC(C)n1nnnc1CN1CCC([C@@H](O)C(=O)NC2CC2)CC1. The summed E-state index contributed by atoms with van der Waals surface area (Å²) in [6.07, 6.45) is 2.85. The summed E-state index contributed by atoms with van der Waals surface area (Å²) in [7, 11) is 0. The predicted molar refractivity (Wildman–Crippen MR) is 83.4 cm³/mol. The van der Waals surface area contributed by atoms with Crippen LogP contribution in [0.1, 0.15) is 51.4 Å². The van der Waals surface area contributed by atoms with E-state index < -0.39 is 6.10 Å². The van der Waals surface area contributed by atoms with Gasteiger partial charge in [-0.1, -0.05) is 0 Å². The molecule has 128 valence electrons. The van der Waals surface area contributed by atoms with E-state index in [9.17, 15) is 9.90 Å². The maximum atomic E-state index is 11.9. The molecule has 0 unspecified atom stereocenters. The molecule has 8 nitrogen and oxygen atoms in total. The number of carbonyl (C=O) groups is 1. The Kier molecular flexibility index (Phi) is 4.91. The van der Waals surface area contributed by atoms with Gasteiger partial charge in [0.2, 0.25) is 5.91 Å². The summed E-state index contributed by atoms with van der Waals surface area (Å²) in [4.78, 5) is 14.2. The van der Waals surface area contributed by atoms with E-state index in [4.69, 9.17) is 0 Å². The summed E-state index contributed by atoms with van der Waals surface area (Å²) in [5.74, 6) is 0.714. The van der Waals surface area contributed by atoms with Crippen LogP contribution in [0.2, 0.25) is 0 Å². The van der Waals surface area contributed by atoms with Crippen LogP contribution in [0.4, 0.5) is 0 Å². The highest BCUT2D eigenvalue weighted by Crippen LogP contribution is 2.24. The maximum Gasteiger partial charge on any atom is 0.249 e. The molecule has 1 aromatic rings. The smallest absolute Gasteiger partial charge is 0.249 e. The largest absolute Gasteiger partial charge is 0.383 e. The first kappa shape index (κ1) is 16.3. The minimum atomic E-state index is -0.876. The monoisotopic (exact) mass is 322 g/mol. The van der Waals surface area contributed by atoms with Gasteiger partial charge >= 0.3 is 0 Å². The molecule has 1 aliphatic carbocycles. The van der Waals surface area contributed by atoms with Crippen molar-refractivity contribution in [3.8, 4) is 0 Å². The molecule has 1 aromatic heterocycles. The van der Waals surface area contributed by atoms with Gasteiger partial charge in [0.05, 0.1) is 12.6 Å². The standard InChI is InChI=1S/C15H26N6O2/c1-10(2)21-13(17-18-19-21)9-20-7-5-11(6-8-20)14(22)15(23)16-12-3-4-12/h10-12,14,22H,3-9H2,1-2H3,(H,16,23)/t14-/m1/s1. The van der Waals surface area contributed by atoms with Gasteiger partial charge in [0.15, 0.2) is 5.82 Å². The van der Waals surface area contributed by atoms with E-state index in [1.807, 2.05) is 4.68 Å². The minimum Gasteiger partial charge on any atom is -0.383 e. The molecule has 0 aromatic carbocycles. The molecule has 0 bridgehead atoms. The van der Waals surface area contributed by atoms with Crippen molar-refractivity contribution in [3.63, 3.8) is 0 Å². The van der Waals surface area contributed by atoms with E-state index >= 15 is 0 Å². The van der Waals surface area contributed by atoms with Gasteiger partial charge in [-0.2, -0.15) is 0 Å². The molecule has 0 spiro atoms. The number of rotatable bonds is 6. The summed E-state index contributed by atoms with van der Waals surface area (Å²) < 4.78 is 1.84. The number of nitrogens with one attached hydrogen (secondary N) is 1. The average molecular weight is 322 g/mol. The van der Waals surface area contributed by atoms with Crippen molar-refractivity contribution in [1.29, 1.82) is 0 Å². The van der Waals surface area contributed by atoms with E-state index in [-0.39, 0.29) is 17.9 Å². The summed E-state index contributed by atoms with van der Waals surface area (Å²) in [5, 5.41) is 25.0. The lowest BCUT2D eigenvalue weighted by Gasteiger charge is -2.33. The van der Waals surface area contributed by atoms with Crippen molar-refractivity contribution in [2.45, 2.75) is 64.3 Å². The third-order valence-electron chi connectivity index (χ3n) is 4.69. The normalized spacial score (nSPS) is 21.6. The van der Waals surface area contributed by atoms with Crippen LogP contribution in [0.5, 0.6) is 0 Å². The highest BCUT2D eigenvalue weighted by molar-refractivity contribution is 5.81. The van der Waals surface area contributed by atoms with E-state index in [2.05, 4.69) is 39.6 Å². The summed E-state index contributed by atoms with van der Waals surface area (Å²) in [6, 6.07) is 0.539. The van der Waals surface area contributed by atoms with Crippen LogP contribution in [-0.2, 0) is 11.3 Å². The second-order valence-corrected chi connectivity index (χ2v) is 6.97. The molecule has 1 aliphatic heterocycles. The summed E-state index contributed by atoms with van der Waals surface area (Å²) in [5.41, 5.74) is 0. The molecule has 3 rings (SSSR count). The molecule has 1 saturated heterocycles. The molecular formula is C15H26N6O2. The average Bonchev–Trinajstić information content (AvgIpc) is 3.22. The fourth-order valence-corrected chi connectivity index (χ4v) is 3.07. The number of aromatic nitrogens is 4. The Balaban J connectivity index is 1.48. The zero-order valence-electron chi connectivity index (χ0n) is 13.9. The molecule has 2 N–H and O–H groups in total. The Morgan fingerprint density at radius 1 is 1.30 bits per heavy atom. The first-order valence-electron chi connectivity index (χ1n) is 8.52. The van der Waals surface area contributed by atoms with Crippen molar-refractivity contribution < 1.29 is 9.90 Å². The summed E-state index contributed by atoms with van der Waals surface area (Å²) in [6.45, 7) is 6.52. The zero-order valence-corrected chi connectivity index (χ0v) is 13.9. The van der Waals surface area contributed by atoms with Crippen LogP contribution in [-0.4, -0.2) is 61.4 Å². The second kappa shape index (κ2) is 6.92. The van der Waals surface area contributed by atoms with Crippen LogP contribution in [0.25, 0.3) is 0 Å². The number of likely N-dealkylation sites (tertiary alicyclic amines) is 1. The highest BCUT2D eigenvalue weighted by atomic mass is 16.3. The van der Waals surface area contributed by atoms with E-state index in [0.717, 1.165) is 44.6 Å². The zero-order chi connectivity index (χ0) is 16.4. The second-order valence-electron chi connectivity index (χ2n) is 6.97. The number of tetrazole rings is 1. The first-order chi connectivity index (χ1) is 11.0. The summed E-state index contributed by atoms with van der Waals surface area (Å²) >= 11 is 0. The van der Waals surface area contributed by atoms with Crippen LogP contribution in [0.3, 0.4) is 0 Å². The van der Waals surface area contributed by atoms with Gasteiger partial charge < -0.3 is 10.4 Å². The van der Waals surface area contributed by atoms with Crippen molar-refractivity contribution in [2.75, 3.05) is 13.1 Å². The van der Waals surface area contributed by atoms with Gasteiger partial charge in [-0.15, -0.1) is 5.10 Å². The number of nitrogens with zero attached hydrogens (tertiary/aromatic N) is 5. The lowest BCUT2D eigenvalue weighted by atomic mass is 9.90. The highest BCUT2D eigenvalue weighted by Gasteiger charge is 2.33. The Bertz CT molecular complexity index is 534. The van der Waals surface area contributed by atoms with Crippen molar-refractivity contribution in [3.05, 3.63) is 5.82 Å². The van der Waals surface area contributed by atoms with Gasteiger partial charge in [0.1, 0.15) is 6.10 Å². The molecule has 1 saturated carbocycles. The third kappa shape index (κ3) is 4.06. The number of carbonyl (C=O) groups excluding carboxylic acids is 1. The fraction of sp³-hybridized carbons (Fsp3) is 0.867. The Labute approximate surface area is 136 Å². The molecule has 23 heavy (non-hydrogen) atoms. The Morgan fingerprint density at radius 2 is 2.00 bits per heavy atom. The molecular weight excluding hydrogens is 296 g/mol. The molecule has 8 heteroatoms. The van der Waals surface area contributed by atoms with Gasteiger partial charge in [0.25, 0.3) is 0 Å². The molecule has 2 fully saturated rings. The molecule has 1 atom stereocenters. The van der Waals surface area contributed by atoms with Crippen molar-refractivity contribution in [1.82, 2.24) is 30.4 Å². The Hall–Kier alpha value is -1.54. The van der Waals surface area contributed by atoms with E-state index in [0.29, 0.717) is 12.6 Å². The number of amides is 1.